The first-order chi connectivity index (χ1) is 9.17. The molecule has 6 nitrogen and oxygen atoms in total. The second kappa shape index (κ2) is 6.40. The summed E-state index contributed by atoms with van der Waals surface area (Å²) < 4.78 is 0. The van der Waals surface area contributed by atoms with Gasteiger partial charge in [0.25, 0.3) is 5.56 Å². The third kappa shape index (κ3) is 3.10. The second-order valence-corrected chi connectivity index (χ2v) is 5.71. The first-order valence-corrected chi connectivity index (χ1v) is 7.68. The SMILES string of the molecule is CSC[C@H](CO)N(C)CC1CNc2c1nc[nH]c2=O. The van der Waals surface area contributed by atoms with Gasteiger partial charge in [0.05, 0.1) is 18.6 Å². The number of hydrogen-bond acceptors (Lipinski definition) is 6. The van der Waals surface area contributed by atoms with Crippen LogP contribution in [0.5, 0.6) is 0 Å². The van der Waals surface area contributed by atoms with E-state index in [-0.39, 0.29) is 24.1 Å². The molecule has 0 radical (unpaired) electrons. The summed E-state index contributed by atoms with van der Waals surface area (Å²) in [6.45, 7) is 1.65. The van der Waals surface area contributed by atoms with Crippen LogP contribution in [-0.4, -0.2) is 64.8 Å². The summed E-state index contributed by atoms with van der Waals surface area (Å²) in [7, 11) is 2.00. The van der Waals surface area contributed by atoms with Gasteiger partial charge in [-0.05, 0) is 13.3 Å². The van der Waals surface area contributed by atoms with Gasteiger partial charge in [0.15, 0.2) is 0 Å². The number of aromatic nitrogens is 2. The molecule has 106 valence electrons. The number of aliphatic hydroxyl groups is 1. The minimum Gasteiger partial charge on any atom is -0.395 e. The fraction of sp³-hybridized carbons (Fsp3) is 0.667. The number of aliphatic hydroxyl groups excluding tert-OH is 1. The van der Waals surface area contributed by atoms with E-state index in [1.165, 1.54) is 6.33 Å². The van der Waals surface area contributed by atoms with E-state index in [0.717, 1.165) is 24.5 Å². The molecular weight excluding hydrogens is 264 g/mol. The molecule has 0 saturated carbocycles. The molecule has 0 spiro atoms. The van der Waals surface area contributed by atoms with Gasteiger partial charge in [0.1, 0.15) is 5.69 Å². The average molecular weight is 284 g/mol. The number of aromatic amines is 1. The van der Waals surface area contributed by atoms with E-state index in [0.29, 0.717) is 5.69 Å². The molecule has 0 fully saturated rings. The highest BCUT2D eigenvalue weighted by Crippen LogP contribution is 2.26. The third-order valence-electron chi connectivity index (χ3n) is 3.50. The van der Waals surface area contributed by atoms with Crippen LogP contribution in [0.4, 0.5) is 5.69 Å². The Morgan fingerprint density at radius 1 is 1.68 bits per heavy atom. The topological polar surface area (TPSA) is 81.2 Å². The first-order valence-electron chi connectivity index (χ1n) is 6.28. The molecular formula is C12H20N4O2S. The Morgan fingerprint density at radius 2 is 2.47 bits per heavy atom. The Labute approximate surface area is 116 Å². The molecule has 1 aliphatic heterocycles. The molecule has 0 saturated heterocycles. The van der Waals surface area contributed by atoms with E-state index >= 15 is 0 Å². The summed E-state index contributed by atoms with van der Waals surface area (Å²) in [4.78, 5) is 20.6. The highest BCUT2D eigenvalue weighted by molar-refractivity contribution is 7.98. The third-order valence-corrected chi connectivity index (χ3v) is 4.21. The number of H-pyrrole nitrogens is 1. The number of nitrogens with one attached hydrogen (secondary N) is 2. The second-order valence-electron chi connectivity index (χ2n) is 4.80. The van der Waals surface area contributed by atoms with E-state index in [2.05, 4.69) is 20.2 Å². The van der Waals surface area contributed by atoms with Crippen LogP contribution in [0.3, 0.4) is 0 Å². The summed E-state index contributed by atoms with van der Waals surface area (Å²) in [5, 5.41) is 12.5. The molecule has 3 N–H and O–H groups in total. The highest BCUT2D eigenvalue weighted by Gasteiger charge is 2.28. The normalized spacial score (nSPS) is 19.3. The first kappa shape index (κ1) is 14.4. The zero-order valence-corrected chi connectivity index (χ0v) is 12.0. The van der Waals surface area contributed by atoms with Crippen LogP contribution in [0.2, 0.25) is 0 Å². The molecule has 2 atom stereocenters. The quantitative estimate of drug-likeness (QED) is 0.679. The van der Waals surface area contributed by atoms with Gasteiger partial charge in [0.2, 0.25) is 0 Å². The van der Waals surface area contributed by atoms with Gasteiger partial charge in [-0.25, -0.2) is 4.98 Å². The average Bonchev–Trinajstić information content (AvgIpc) is 2.80. The number of anilines is 1. The molecule has 0 bridgehead atoms. The lowest BCUT2D eigenvalue weighted by molar-refractivity contribution is 0.157. The van der Waals surface area contributed by atoms with Crippen molar-refractivity contribution in [1.82, 2.24) is 14.9 Å². The van der Waals surface area contributed by atoms with E-state index in [4.69, 9.17) is 0 Å². The molecule has 1 unspecified atom stereocenters. The van der Waals surface area contributed by atoms with Crippen molar-refractivity contribution in [2.24, 2.45) is 0 Å². The van der Waals surface area contributed by atoms with Gasteiger partial charge in [-0.3, -0.25) is 9.69 Å². The number of hydrogen-bond donors (Lipinski definition) is 3. The molecule has 1 aliphatic rings. The van der Waals surface area contributed by atoms with Crippen molar-refractivity contribution in [2.45, 2.75) is 12.0 Å². The van der Waals surface area contributed by atoms with Gasteiger partial charge >= 0.3 is 0 Å². The van der Waals surface area contributed by atoms with Crippen molar-refractivity contribution < 1.29 is 5.11 Å². The van der Waals surface area contributed by atoms with Gasteiger partial charge in [-0.15, -0.1) is 0 Å². The molecule has 1 aromatic heterocycles. The van der Waals surface area contributed by atoms with Crippen molar-refractivity contribution in [1.29, 1.82) is 0 Å². The predicted molar refractivity (Wildman–Crippen MR) is 78.0 cm³/mol. The standard InChI is InChI=1S/C12H20N4O2S/c1-16(9(5-17)6-19-2)4-8-3-13-11-10(8)14-7-15-12(11)18/h7-9,13,17H,3-6H2,1-2H3,(H,14,15,18)/t8?,9-/m0/s1. The van der Waals surface area contributed by atoms with Crippen molar-refractivity contribution in [2.75, 3.05) is 44.1 Å². The Hall–Kier alpha value is -1.05. The predicted octanol–water partition coefficient (Wildman–Crippen LogP) is -0.0653. The van der Waals surface area contributed by atoms with Gasteiger partial charge in [-0.1, -0.05) is 0 Å². The maximum atomic E-state index is 11.6. The van der Waals surface area contributed by atoms with Crippen LogP contribution in [0.15, 0.2) is 11.1 Å². The Balaban J connectivity index is 2.06. The van der Waals surface area contributed by atoms with Gasteiger partial charge < -0.3 is 15.4 Å². The monoisotopic (exact) mass is 284 g/mol. The smallest absolute Gasteiger partial charge is 0.274 e. The Morgan fingerprint density at radius 3 is 3.16 bits per heavy atom. The molecule has 0 aliphatic carbocycles. The lowest BCUT2D eigenvalue weighted by Gasteiger charge is -2.28. The summed E-state index contributed by atoms with van der Waals surface area (Å²) >= 11 is 1.72. The van der Waals surface area contributed by atoms with E-state index in [1.54, 1.807) is 11.8 Å². The number of thioether (sulfide) groups is 1. The zero-order chi connectivity index (χ0) is 13.8. The van der Waals surface area contributed by atoms with Crippen LogP contribution in [0.25, 0.3) is 0 Å². The van der Waals surface area contributed by atoms with Crippen LogP contribution < -0.4 is 10.9 Å². The van der Waals surface area contributed by atoms with Crippen molar-refractivity contribution >= 4 is 17.4 Å². The Bertz CT molecular complexity index is 479. The molecule has 0 aromatic carbocycles. The molecule has 2 heterocycles. The molecule has 1 aromatic rings. The minimum atomic E-state index is -0.113. The fourth-order valence-corrected chi connectivity index (χ4v) is 3.12. The summed E-state index contributed by atoms with van der Waals surface area (Å²) in [6, 6.07) is 0.140. The van der Waals surface area contributed by atoms with Crippen molar-refractivity contribution in [3.8, 4) is 0 Å². The summed E-state index contributed by atoms with van der Waals surface area (Å²) in [5.74, 6) is 1.08. The van der Waals surface area contributed by atoms with Crippen molar-refractivity contribution in [3.05, 3.63) is 22.4 Å². The van der Waals surface area contributed by atoms with Crippen LogP contribution in [0, 0.1) is 0 Å². The summed E-state index contributed by atoms with van der Waals surface area (Å²) in [5.41, 5.74) is 1.31. The van der Waals surface area contributed by atoms with Gasteiger partial charge in [-0.2, -0.15) is 11.8 Å². The molecule has 7 heteroatoms. The molecule has 19 heavy (non-hydrogen) atoms. The largest absolute Gasteiger partial charge is 0.395 e. The van der Waals surface area contributed by atoms with Crippen LogP contribution >= 0.6 is 11.8 Å². The minimum absolute atomic E-state index is 0.113. The lowest BCUT2D eigenvalue weighted by Crippen LogP contribution is -2.39. The Kier molecular flexibility index (Phi) is 4.84. The van der Waals surface area contributed by atoms with Crippen LogP contribution in [-0.2, 0) is 0 Å². The van der Waals surface area contributed by atoms with E-state index < -0.39 is 0 Å². The van der Waals surface area contributed by atoms with Crippen LogP contribution in [0.1, 0.15) is 11.6 Å². The lowest BCUT2D eigenvalue weighted by atomic mass is 10.1. The zero-order valence-electron chi connectivity index (χ0n) is 11.2. The fourth-order valence-electron chi connectivity index (χ4n) is 2.38. The molecule has 2 rings (SSSR count). The highest BCUT2D eigenvalue weighted by atomic mass is 32.2. The van der Waals surface area contributed by atoms with Crippen molar-refractivity contribution in [3.63, 3.8) is 0 Å². The number of likely N-dealkylation sites (N-methyl/N-ethyl adjacent to an activating group) is 1. The van der Waals surface area contributed by atoms with E-state index in [9.17, 15) is 9.90 Å². The van der Waals surface area contributed by atoms with Gasteiger partial charge in [0, 0.05) is 30.8 Å². The number of fused-ring (bicyclic) bond motifs is 1. The maximum absolute atomic E-state index is 11.6. The number of rotatable bonds is 6. The maximum Gasteiger partial charge on any atom is 0.274 e. The number of nitrogens with zero attached hydrogens (tertiary/aromatic N) is 2. The van der Waals surface area contributed by atoms with E-state index in [1.807, 2.05) is 13.3 Å². The summed E-state index contributed by atoms with van der Waals surface area (Å²) in [6.07, 6.45) is 3.48. The molecule has 0 amide bonds.